The van der Waals surface area contributed by atoms with Gasteiger partial charge in [-0.25, -0.2) is 0 Å². The first-order valence-electron chi connectivity index (χ1n) is 8.10. The molecule has 0 aromatic carbocycles. The fourth-order valence-corrected chi connectivity index (χ4v) is 3.75. The molecule has 2 aliphatic carbocycles. The molecule has 3 fully saturated rings. The zero-order chi connectivity index (χ0) is 13.5. The molecule has 1 aliphatic heterocycles. The first kappa shape index (κ1) is 12.4. The Balaban J connectivity index is 1.45. The summed E-state index contributed by atoms with van der Waals surface area (Å²) in [6.45, 7) is 0.926. The summed E-state index contributed by atoms with van der Waals surface area (Å²) < 4.78 is 5.31. The Morgan fingerprint density at radius 3 is 2.75 bits per heavy atom. The molecule has 20 heavy (non-hydrogen) atoms. The van der Waals surface area contributed by atoms with Crippen LogP contribution in [0.3, 0.4) is 0 Å². The monoisotopic (exact) mass is 274 g/mol. The van der Waals surface area contributed by atoms with Crippen molar-refractivity contribution in [2.45, 2.75) is 63.3 Å². The average molecular weight is 274 g/mol. The summed E-state index contributed by atoms with van der Waals surface area (Å²) in [6, 6.07) is 2.33. The molecule has 0 bridgehead atoms. The van der Waals surface area contributed by atoms with Gasteiger partial charge in [-0.05, 0) is 31.6 Å². The largest absolute Gasteiger partial charge is 0.360 e. The van der Waals surface area contributed by atoms with E-state index in [9.17, 15) is 4.79 Å². The van der Waals surface area contributed by atoms with Crippen molar-refractivity contribution >= 4 is 5.91 Å². The maximum Gasteiger partial charge on any atom is 0.276 e. The van der Waals surface area contributed by atoms with Gasteiger partial charge in [0.2, 0.25) is 0 Å². The van der Waals surface area contributed by atoms with Gasteiger partial charge in [-0.2, -0.15) is 0 Å². The van der Waals surface area contributed by atoms with Crippen molar-refractivity contribution in [1.82, 2.24) is 10.1 Å². The number of rotatable bonds is 2. The Hall–Kier alpha value is -1.32. The lowest BCUT2D eigenvalue weighted by atomic mass is 9.79. The van der Waals surface area contributed by atoms with Crippen molar-refractivity contribution in [1.29, 1.82) is 0 Å². The van der Waals surface area contributed by atoms with E-state index in [0.717, 1.165) is 18.2 Å². The molecule has 2 heterocycles. The Morgan fingerprint density at radius 2 is 1.95 bits per heavy atom. The Labute approximate surface area is 119 Å². The summed E-state index contributed by atoms with van der Waals surface area (Å²) in [7, 11) is 0. The molecule has 108 valence electrons. The number of aromatic nitrogens is 1. The second-order valence-corrected chi connectivity index (χ2v) is 6.67. The number of hydrogen-bond donors (Lipinski definition) is 0. The highest BCUT2D eigenvalue weighted by Gasteiger charge is 2.42. The maximum atomic E-state index is 12.5. The number of likely N-dealkylation sites (tertiary alicyclic amines) is 1. The Kier molecular flexibility index (Phi) is 3.04. The van der Waals surface area contributed by atoms with E-state index in [1.165, 1.54) is 51.4 Å². The van der Waals surface area contributed by atoms with Crippen LogP contribution in [0.4, 0.5) is 0 Å². The minimum Gasteiger partial charge on any atom is -0.360 e. The van der Waals surface area contributed by atoms with Gasteiger partial charge < -0.3 is 9.42 Å². The number of carbonyl (C=O) groups is 1. The summed E-state index contributed by atoms with van der Waals surface area (Å²) in [5.74, 6) is 2.24. The van der Waals surface area contributed by atoms with Crippen LogP contribution in [0, 0.1) is 5.92 Å². The van der Waals surface area contributed by atoms with Crippen LogP contribution in [0.15, 0.2) is 10.6 Å². The molecule has 1 aromatic rings. The normalized spacial score (nSPS) is 30.1. The van der Waals surface area contributed by atoms with Crippen LogP contribution in [0.5, 0.6) is 0 Å². The SMILES string of the molecule is O=C(c1cc(C2CC2)on1)N1C[C@@H]2CCCCCC[C@@H]21. The molecule has 1 saturated heterocycles. The van der Waals surface area contributed by atoms with Crippen LogP contribution in [0.1, 0.15) is 73.5 Å². The molecule has 4 rings (SSSR count). The van der Waals surface area contributed by atoms with Crippen molar-refractivity contribution in [2.24, 2.45) is 5.92 Å². The third kappa shape index (κ3) is 2.15. The van der Waals surface area contributed by atoms with Crippen molar-refractivity contribution in [2.75, 3.05) is 6.54 Å². The second kappa shape index (κ2) is 4.90. The Morgan fingerprint density at radius 1 is 1.15 bits per heavy atom. The van der Waals surface area contributed by atoms with Gasteiger partial charge >= 0.3 is 0 Å². The number of carbonyl (C=O) groups excluding carboxylic acids is 1. The zero-order valence-electron chi connectivity index (χ0n) is 11.9. The highest BCUT2D eigenvalue weighted by atomic mass is 16.5. The Bertz CT molecular complexity index is 506. The lowest BCUT2D eigenvalue weighted by Crippen LogP contribution is -2.58. The average Bonchev–Trinajstić information content (AvgIpc) is 3.15. The molecule has 2 atom stereocenters. The van der Waals surface area contributed by atoms with Crippen molar-refractivity contribution in [3.63, 3.8) is 0 Å². The lowest BCUT2D eigenvalue weighted by Gasteiger charge is -2.49. The minimum atomic E-state index is 0.0856. The van der Waals surface area contributed by atoms with Gasteiger partial charge in [-0.15, -0.1) is 0 Å². The second-order valence-electron chi connectivity index (χ2n) is 6.67. The number of fused-ring (bicyclic) bond motifs is 1. The van der Waals surface area contributed by atoms with E-state index in [1.807, 2.05) is 11.0 Å². The first-order chi connectivity index (χ1) is 9.83. The van der Waals surface area contributed by atoms with Gasteiger partial charge in [-0.1, -0.05) is 30.8 Å². The van der Waals surface area contributed by atoms with Crippen LogP contribution in [0.2, 0.25) is 0 Å². The minimum absolute atomic E-state index is 0.0856. The van der Waals surface area contributed by atoms with Crippen LogP contribution in [-0.4, -0.2) is 28.6 Å². The molecule has 0 N–H and O–H groups in total. The van der Waals surface area contributed by atoms with Crippen LogP contribution < -0.4 is 0 Å². The van der Waals surface area contributed by atoms with Crippen LogP contribution in [-0.2, 0) is 0 Å². The smallest absolute Gasteiger partial charge is 0.276 e. The quantitative estimate of drug-likeness (QED) is 0.831. The van der Waals surface area contributed by atoms with E-state index >= 15 is 0 Å². The van der Waals surface area contributed by atoms with Gasteiger partial charge in [0.05, 0.1) is 0 Å². The van der Waals surface area contributed by atoms with Crippen molar-refractivity contribution < 1.29 is 9.32 Å². The van der Waals surface area contributed by atoms with E-state index < -0.39 is 0 Å². The van der Waals surface area contributed by atoms with Crippen LogP contribution >= 0.6 is 0 Å². The lowest BCUT2D eigenvalue weighted by molar-refractivity contribution is 0.00356. The van der Waals surface area contributed by atoms with E-state index in [2.05, 4.69) is 5.16 Å². The van der Waals surface area contributed by atoms with Crippen molar-refractivity contribution in [3.8, 4) is 0 Å². The molecule has 1 amide bonds. The number of amides is 1. The van der Waals surface area contributed by atoms with Gasteiger partial charge in [0.1, 0.15) is 5.76 Å². The molecule has 0 radical (unpaired) electrons. The number of hydrogen-bond acceptors (Lipinski definition) is 3. The molecular weight excluding hydrogens is 252 g/mol. The van der Waals surface area contributed by atoms with Crippen LogP contribution in [0.25, 0.3) is 0 Å². The van der Waals surface area contributed by atoms with Gasteiger partial charge in [0.25, 0.3) is 5.91 Å². The van der Waals surface area contributed by atoms with Gasteiger partial charge in [-0.3, -0.25) is 4.79 Å². The fraction of sp³-hybridized carbons (Fsp3) is 0.750. The molecule has 4 heteroatoms. The van der Waals surface area contributed by atoms with Crippen molar-refractivity contribution in [3.05, 3.63) is 17.5 Å². The summed E-state index contributed by atoms with van der Waals surface area (Å²) in [5.41, 5.74) is 0.521. The molecular formula is C16H22N2O2. The van der Waals surface area contributed by atoms with E-state index in [0.29, 0.717) is 17.7 Å². The molecule has 3 aliphatic rings. The standard InChI is InChI=1S/C16H22N2O2/c19-16(13-9-15(20-17-13)11-7-8-11)18-10-12-5-3-1-2-4-6-14(12)18/h9,11-12,14H,1-8,10H2/t12-,14-/m0/s1. The number of nitrogens with zero attached hydrogens (tertiary/aromatic N) is 2. The fourth-order valence-electron chi connectivity index (χ4n) is 3.75. The molecule has 2 saturated carbocycles. The third-order valence-corrected chi connectivity index (χ3v) is 5.19. The molecule has 1 aromatic heterocycles. The van der Waals surface area contributed by atoms with Gasteiger partial charge in [0, 0.05) is 24.6 Å². The van der Waals surface area contributed by atoms with E-state index in [-0.39, 0.29) is 5.91 Å². The van der Waals surface area contributed by atoms with Gasteiger partial charge in [0.15, 0.2) is 5.69 Å². The zero-order valence-corrected chi connectivity index (χ0v) is 11.9. The summed E-state index contributed by atoms with van der Waals surface area (Å²) in [5, 5.41) is 3.99. The van der Waals surface area contributed by atoms with E-state index in [1.54, 1.807) is 0 Å². The first-order valence-corrected chi connectivity index (χ1v) is 8.10. The summed E-state index contributed by atoms with van der Waals surface area (Å²) in [6.07, 6.45) is 10.1. The predicted molar refractivity (Wildman–Crippen MR) is 74.5 cm³/mol. The maximum absolute atomic E-state index is 12.5. The molecule has 0 unspecified atom stereocenters. The third-order valence-electron chi connectivity index (χ3n) is 5.19. The highest BCUT2D eigenvalue weighted by molar-refractivity contribution is 5.93. The summed E-state index contributed by atoms with van der Waals surface area (Å²) in [4.78, 5) is 14.6. The highest BCUT2D eigenvalue weighted by Crippen LogP contribution is 2.41. The van der Waals surface area contributed by atoms with E-state index in [4.69, 9.17) is 4.52 Å². The molecule has 0 spiro atoms. The topological polar surface area (TPSA) is 46.3 Å². The summed E-state index contributed by atoms with van der Waals surface area (Å²) >= 11 is 0. The molecule has 4 nitrogen and oxygen atoms in total. The predicted octanol–water partition coefficient (Wildman–Crippen LogP) is 3.35.